The molecule has 0 saturated carbocycles. The minimum atomic E-state index is -3.61. The van der Waals surface area contributed by atoms with Crippen LogP contribution in [0, 0.1) is 0 Å². The van der Waals surface area contributed by atoms with Gasteiger partial charge in [0.25, 0.3) is 0 Å². The van der Waals surface area contributed by atoms with Crippen molar-refractivity contribution in [3.05, 3.63) is 48.0 Å². The van der Waals surface area contributed by atoms with E-state index >= 15 is 0 Å². The summed E-state index contributed by atoms with van der Waals surface area (Å²) in [5.74, 6) is -0.892. The number of aromatic carboxylic acids is 1. The van der Waals surface area contributed by atoms with Crippen LogP contribution in [0.2, 0.25) is 0 Å². The normalized spacial score (nSPS) is 15.5. The maximum atomic E-state index is 12.9. The predicted octanol–water partition coefficient (Wildman–Crippen LogP) is 2.39. The first-order valence-corrected chi connectivity index (χ1v) is 10.7. The van der Waals surface area contributed by atoms with Crippen molar-refractivity contribution in [2.75, 3.05) is 31.1 Å². The highest BCUT2D eigenvalue weighted by atomic mass is 32.2. The van der Waals surface area contributed by atoms with Crippen LogP contribution in [0.5, 0.6) is 11.5 Å². The van der Waals surface area contributed by atoms with Gasteiger partial charge in [0.1, 0.15) is 17.1 Å². The van der Waals surface area contributed by atoms with Crippen LogP contribution in [0.3, 0.4) is 0 Å². The number of rotatable bonds is 6. The van der Waals surface area contributed by atoms with Crippen molar-refractivity contribution in [1.29, 1.82) is 0 Å². The van der Waals surface area contributed by atoms with Crippen molar-refractivity contribution in [3.8, 4) is 11.5 Å². The Kier molecular flexibility index (Phi) is 5.99. The van der Waals surface area contributed by atoms with Crippen LogP contribution in [0.25, 0.3) is 0 Å². The Morgan fingerprint density at radius 2 is 1.66 bits per heavy atom. The maximum absolute atomic E-state index is 12.9. The van der Waals surface area contributed by atoms with Crippen LogP contribution in [-0.4, -0.2) is 61.2 Å². The quantitative estimate of drug-likeness (QED) is 0.739. The fourth-order valence-corrected chi connectivity index (χ4v) is 4.62. The standard InChI is InChI=1S/C20H24N2O6S/c1-14(2)28-16-4-6-17(7-5-16)29(26,27)22-11-9-21(10-12-22)15-3-8-18(20(24)25)19(23)13-15/h3-8,13-14,23H,9-12H2,1-2H3,(H,24,25). The Hall–Kier alpha value is -2.78. The number of ether oxygens (including phenoxy) is 1. The molecule has 0 aromatic heterocycles. The number of aromatic hydroxyl groups is 1. The Bertz CT molecular complexity index is 981. The van der Waals surface area contributed by atoms with Crippen molar-refractivity contribution in [1.82, 2.24) is 4.31 Å². The number of hydrogen-bond donors (Lipinski definition) is 2. The lowest BCUT2D eigenvalue weighted by atomic mass is 10.1. The molecule has 156 valence electrons. The lowest BCUT2D eigenvalue weighted by Gasteiger charge is -2.35. The molecule has 9 heteroatoms. The zero-order valence-corrected chi connectivity index (χ0v) is 17.1. The van der Waals surface area contributed by atoms with Gasteiger partial charge in [-0.1, -0.05) is 0 Å². The lowest BCUT2D eigenvalue weighted by molar-refractivity contribution is 0.0693. The maximum Gasteiger partial charge on any atom is 0.339 e. The van der Waals surface area contributed by atoms with Gasteiger partial charge in [-0.15, -0.1) is 0 Å². The second kappa shape index (κ2) is 8.30. The number of carbonyl (C=O) groups is 1. The molecule has 1 aliphatic rings. The van der Waals surface area contributed by atoms with Gasteiger partial charge in [0, 0.05) is 37.9 Å². The number of nitrogens with zero attached hydrogens (tertiary/aromatic N) is 2. The second-order valence-corrected chi connectivity index (χ2v) is 8.97. The van der Waals surface area contributed by atoms with E-state index in [4.69, 9.17) is 9.84 Å². The van der Waals surface area contributed by atoms with E-state index in [0.717, 1.165) is 0 Å². The summed E-state index contributed by atoms with van der Waals surface area (Å²) in [6, 6.07) is 10.7. The van der Waals surface area contributed by atoms with E-state index in [9.17, 15) is 18.3 Å². The molecule has 29 heavy (non-hydrogen) atoms. The van der Waals surface area contributed by atoms with Gasteiger partial charge in [-0.3, -0.25) is 0 Å². The molecule has 0 radical (unpaired) electrons. The molecule has 3 rings (SSSR count). The number of carboxylic acid groups (broad SMARTS) is 1. The van der Waals surface area contributed by atoms with E-state index in [1.54, 1.807) is 30.3 Å². The van der Waals surface area contributed by atoms with Crippen molar-refractivity contribution in [2.45, 2.75) is 24.8 Å². The first kappa shape index (κ1) is 20.9. The van der Waals surface area contributed by atoms with E-state index in [0.29, 0.717) is 24.5 Å². The summed E-state index contributed by atoms with van der Waals surface area (Å²) in [5.41, 5.74) is 0.486. The topological polar surface area (TPSA) is 107 Å². The first-order chi connectivity index (χ1) is 13.7. The monoisotopic (exact) mass is 420 g/mol. The highest BCUT2D eigenvalue weighted by molar-refractivity contribution is 7.89. The lowest BCUT2D eigenvalue weighted by Crippen LogP contribution is -2.48. The smallest absolute Gasteiger partial charge is 0.339 e. The van der Waals surface area contributed by atoms with Crippen molar-refractivity contribution in [2.24, 2.45) is 0 Å². The number of phenols is 1. The third-order valence-corrected chi connectivity index (χ3v) is 6.56. The number of hydrogen-bond acceptors (Lipinski definition) is 6. The van der Waals surface area contributed by atoms with E-state index in [-0.39, 0.29) is 35.4 Å². The van der Waals surface area contributed by atoms with Gasteiger partial charge in [-0.2, -0.15) is 4.31 Å². The third-order valence-electron chi connectivity index (χ3n) is 4.65. The average Bonchev–Trinajstić information content (AvgIpc) is 2.67. The van der Waals surface area contributed by atoms with Gasteiger partial charge in [-0.25, -0.2) is 13.2 Å². The zero-order chi connectivity index (χ0) is 21.2. The summed E-state index contributed by atoms with van der Waals surface area (Å²) in [6.07, 6.45) is 0.00883. The molecular formula is C20H24N2O6S. The van der Waals surface area contributed by atoms with Crippen molar-refractivity contribution < 1.29 is 28.2 Å². The molecule has 2 N–H and O–H groups in total. The van der Waals surface area contributed by atoms with Crippen molar-refractivity contribution in [3.63, 3.8) is 0 Å². The van der Waals surface area contributed by atoms with E-state index in [2.05, 4.69) is 0 Å². The van der Waals surface area contributed by atoms with Gasteiger partial charge < -0.3 is 19.8 Å². The molecule has 1 heterocycles. The molecule has 0 atom stereocenters. The number of benzene rings is 2. The number of anilines is 1. The average molecular weight is 420 g/mol. The predicted molar refractivity (Wildman–Crippen MR) is 108 cm³/mol. The van der Waals surface area contributed by atoms with E-state index < -0.39 is 16.0 Å². The van der Waals surface area contributed by atoms with E-state index in [1.165, 1.54) is 16.4 Å². The summed E-state index contributed by atoms with van der Waals surface area (Å²) >= 11 is 0. The van der Waals surface area contributed by atoms with Gasteiger partial charge in [0.15, 0.2) is 0 Å². The Labute approximate surface area is 170 Å². The second-order valence-electron chi connectivity index (χ2n) is 7.04. The summed E-state index contributed by atoms with van der Waals surface area (Å²) in [7, 11) is -3.61. The van der Waals surface area contributed by atoms with Crippen LogP contribution in [0.4, 0.5) is 5.69 Å². The molecule has 2 aromatic carbocycles. The molecule has 0 bridgehead atoms. The summed E-state index contributed by atoms with van der Waals surface area (Å²) in [6.45, 7) is 5.24. The van der Waals surface area contributed by atoms with Crippen LogP contribution in [0.1, 0.15) is 24.2 Å². The SMILES string of the molecule is CC(C)Oc1ccc(S(=O)(=O)N2CCN(c3ccc(C(=O)O)c(O)c3)CC2)cc1. The molecule has 1 saturated heterocycles. The number of carboxylic acids is 1. The largest absolute Gasteiger partial charge is 0.507 e. The summed E-state index contributed by atoms with van der Waals surface area (Å²) in [4.78, 5) is 13.1. The highest BCUT2D eigenvalue weighted by Crippen LogP contribution is 2.27. The Morgan fingerprint density at radius 1 is 1.03 bits per heavy atom. The van der Waals surface area contributed by atoms with Gasteiger partial charge in [0.05, 0.1) is 11.0 Å². The summed E-state index contributed by atoms with van der Waals surface area (Å²) < 4.78 is 32.8. The Balaban J connectivity index is 1.68. The Morgan fingerprint density at radius 3 is 2.17 bits per heavy atom. The molecule has 8 nitrogen and oxygen atoms in total. The molecular weight excluding hydrogens is 396 g/mol. The van der Waals surface area contributed by atoms with Crippen LogP contribution >= 0.6 is 0 Å². The minimum Gasteiger partial charge on any atom is -0.507 e. The molecule has 0 aliphatic carbocycles. The van der Waals surface area contributed by atoms with Gasteiger partial charge in [-0.05, 0) is 50.2 Å². The van der Waals surface area contributed by atoms with Crippen LogP contribution in [-0.2, 0) is 10.0 Å². The molecule has 1 aliphatic heterocycles. The highest BCUT2D eigenvalue weighted by Gasteiger charge is 2.29. The van der Waals surface area contributed by atoms with E-state index in [1.807, 2.05) is 18.7 Å². The van der Waals surface area contributed by atoms with Crippen molar-refractivity contribution >= 4 is 21.7 Å². The van der Waals surface area contributed by atoms with Crippen LogP contribution in [0.15, 0.2) is 47.4 Å². The number of piperazine rings is 1. The molecule has 2 aromatic rings. The molecule has 0 spiro atoms. The molecule has 0 amide bonds. The molecule has 0 unspecified atom stereocenters. The summed E-state index contributed by atoms with van der Waals surface area (Å²) in [5, 5.41) is 18.9. The first-order valence-electron chi connectivity index (χ1n) is 9.26. The molecule has 1 fully saturated rings. The minimum absolute atomic E-state index is 0.00883. The van der Waals surface area contributed by atoms with Gasteiger partial charge in [0.2, 0.25) is 10.0 Å². The van der Waals surface area contributed by atoms with Gasteiger partial charge >= 0.3 is 5.97 Å². The third kappa shape index (κ3) is 4.63. The van der Waals surface area contributed by atoms with Crippen LogP contribution < -0.4 is 9.64 Å². The fraction of sp³-hybridized carbons (Fsp3) is 0.350. The fourth-order valence-electron chi connectivity index (χ4n) is 3.20. The number of sulfonamides is 1. The zero-order valence-electron chi connectivity index (χ0n) is 16.3.